The third kappa shape index (κ3) is 7.13. The SMILES string of the molecule is COCCN(Cc1nc(C(=O)Nc2ccc(C)cc2)cs1)C(=O)Nc1ccc(C(C)C)cc1. The van der Waals surface area contributed by atoms with E-state index in [1.807, 2.05) is 55.5 Å². The Balaban J connectivity index is 1.64. The average Bonchev–Trinajstić information content (AvgIpc) is 3.27. The summed E-state index contributed by atoms with van der Waals surface area (Å²) in [6, 6.07) is 15.2. The number of rotatable bonds is 9. The number of carbonyl (C=O) groups excluding carboxylic acids is 2. The van der Waals surface area contributed by atoms with Crippen molar-refractivity contribution in [2.45, 2.75) is 33.2 Å². The number of amides is 3. The van der Waals surface area contributed by atoms with Crippen LogP contribution in [0, 0.1) is 6.92 Å². The predicted molar refractivity (Wildman–Crippen MR) is 133 cm³/mol. The molecule has 3 amide bonds. The number of urea groups is 1. The van der Waals surface area contributed by atoms with Crippen LogP contribution in [0.1, 0.15) is 46.4 Å². The number of nitrogens with zero attached hydrogens (tertiary/aromatic N) is 2. The molecule has 0 saturated carbocycles. The summed E-state index contributed by atoms with van der Waals surface area (Å²) < 4.78 is 5.17. The lowest BCUT2D eigenvalue weighted by molar-refractivity contribution is 0.102. The molecule has 0 aliphatic carbocycles. The Bertz CT molecular complexity index is 1060. The molecule has 2 aromatic carbocycles. The lowest BCUT2D eigenvalue weighted by Crippen LogP contribution is -2.36. The first-order valence-electron chi connectivity index (χ1n) is 10.8. The average molecular weight is 467 g/mol. The van der Waals surface area contributed by atoms with Crippen molar-refractivity contribution in [1.82, 2.24) is 9.88 Å². The Morgan fingerprint density at radius 3 is 2.30 bits per heavy atom. The van der Waals surface area contributed by atoms with Gasteiger partial charge in [0.15, 0.2) is 0 Å². The fourth-order valence-electron chi connectivity index (χ4n) is 3.09. The maximum atomic E-state index is 12.9. The van der Waals surface area contributed by atoms with E-state index in [2.05, 4.69) is 29.5 Å². The molecule has 0 saturated heterocycles. The fraction of sp³-hybridized carbons (Fsp3) is 0.320. The van der Waals surface area contributed by atoms with Gasteiger partial charge in [-0.05, 0) is 42.7 Å². The Kier molecular flexibility index (Phi) is 8.57. The summed E-state index contributed by atoms with van der Waals surface area (Å²) in [5, 5.41) is 8.16. The van der Waals surface area contributed by atoms with Gasteiger partial charge < -0.3 is 20.3 Å². The smallest absolute Gasteiger partial charge is 0.322 e. The van der Waals surface area contributed by atoms with Gasteiger partial charge in [-0.2, -0.15) is 0 Å². The number of aryl methyl sites for hydroxylation is 1. The van der Waals surface area contributed by atoms with Gasteiger partial charge in [0.1, 0.15) is 10.7 Å². The van der Waals surface area contributed by atoms with Crippen LogP contribution in [0.4, 0.5) is 16.2 Å². The normalized spacial score (nSPS) is 10.8. The van der Waals surface area contributed by atoms with Gasteiger partial charge in [-0.3, -0.25) is 4.79 Å². The van der Waals surface area contributed by atoms with Crippen LogP contribution in [-0.4, -0.2) is 42.1 Å². The first kappa shape index (κ1) is 24.4. The summed E-state index contributed by atoms with van der Waals surface area (Å²) in [5.41, 5.74) is 4.10. The van der Waals surface area contributed by atoms with Gasteiger partial charge in [0, 0.05) is 30.4 Å². The first-order chi connectivity index (χ1) is 15.9. The Morgan fingerprint density at radius 1 is 1.03 bits per heavy atom. The van der Waals surface area contributed by atoms with Crippen LogP contribution in [0.3, 0.4) is 0 Å². The van der Waals surface area contributed by atoms with E-state index >= 15 is 0 Å². The van der Waals surface area contributed by atoms with E-state index in [0.29, 0.717) is 35.5 Å². The largest absolute Gasteiger partial charge is 0.383 e. The van der Waals surface area contributed by atoms with Gasteiger partial charge in [-0.1, -0.05) is 43.7 Å². The maximum absolute atomic E-state index is 12.9. The molecule has 3 aromatic rings. The van der Waals surface area contributed by atoms with Crippen LogP contribution in [0.5, 0.6) is 0 Å². The number of thiazole rings is 1. The molecule has 0 spiro atoms. The third-order valence-electron chi connectivity index (χ3n) is 5.10. The predicted octanol–water partition coefficient (Wildman–Crippen LogP) is 5.51. The highest BCUT2D eigenvalue weighted by Gasteiger charge is 2.18. The molecule has 0 fully saturated rings. The second kappa shape index (κ2) is 11.6. The monoisotopic (exact) mass is 466 g/mol. The third-order valence-corrected chi connectivity index (χ3v) is 5.93. The number of hydrogen-bond donors (Lipinski definition) is 2. The lowest BCUT2D eigenvalue weighted by Gasteiger charge is -2.22. The van der Waals surface area contributed by atoms with Crippen LogP contribution >= 0.6 is 11.3 Å². The van der Waals surface area contributed by atoms with Crippen LogP contribution in [-0.2, 0) is 11.3 Å². The minimum absolute atomic E-state index is 0.245. The number of nitrogens with one attached hydrogen (secondary N) is 2. The van der Waals surface area contributed by atoms with Crippen molar-refractivity contribution in [3.63, 3.8) is 0 Å². The molecule has 174 valence electrons. The van der Waals surface area contributed by atoms with Gasteiger partial charge >= 0.3 is 6.03 Å². The number of anilines is 2. The van der Waals surface area contributed by atoms with Gasteiger partial charge in [0.25, 0.3) is 5.91 Å². The van der Waals surface area contributed by atoms with E-state index in [1.165, 1.54) is 16.9 Å². The van der Waals surface area contributed by atoms with Gasteiger partial charge in [0.2, 0.25) is 0 Å². The number of carbonyl (C=O) groups is 2. The van der Waals surface area contributed by atoms with Crippen molar-refractivity contribution in [2.24, 2.45) is 0 Å². The van der Waals surface area contributed by atoms with Crippen molar-refractivity contribution < 1.29 is 14.3 Å². The van der Waals surface area contributed by atoms with E-state index in [-0.39, 0.29) is 18.5 Å². The second-order valence-electron chi connectivity index (χ2n) is 8.07. The Morgan fingerprint density at radius 2 is 1.67 bits per heavy atom. The van der Waals surface area contributed by atoms with Crippen molar-refractivity contribution in [2.75, 3.05) is 30.9 Å². The van der Waals surface area contributed by atoms with Gasteiger partial charge in [-0.15, -0.1) is 11.3 Å². The molecule has 7 nitrogen and oxygen atoms in total. The Labute approximate surface area is 198 Å². The highest BCUT2D eigenvalue weighted by Crippen LogP contribution is 2.19. The lowest BCUT2D eigenvalue weighted by atomic mass is 10.0. The minimum Gasteiger partial charge on any atom is -0.383 e. The molecule has 0 aliphatic heterocycles. The van der Waals surface area contributed by atoms with Gasteiger partial charge in [-0.25, -0.2) is 9.78 Å². The van der Waals surface area contributed by atoms with Crippen molar-refractivity contribution in [1.29, 1.82) is 0 Å². The first-order valence-corrected chi connectivity index (χ1v) is 11.7. The molecule has 0 unspecified atom stereocenters. The number of benzene rings is 2. The molecule has 0 atom stereocenters. The highest BCUT2D eigenvalue weighted by molar-refractivity contribution is 7.09. The maximum Gasteiger partial charge on any atom is 0.322 e. The number of ether oxygens (including phenoxy) is 1. The molecule has 0 bridgehead atoms. The second-order valence-corrected chi connectivity index (χ2v) is 9.01. The molecule has 3 rings (SSSR count). The quantitative estimate of drug-likeness (QED) is 0.436. The molecule has 0 radical (unpaired) electrons. The summed E-state index contributed by atoms with van der Waals surface area (Å²) in [7, 11) is 1.59. The van der Waals surface area contributed by atoms with E-state index in [0.717, 1.165) is 11.3 Å². The fourth-order valence-corrected chi connectivity index (χ4v) is 3.88. The van der Waals surface area contributed by atoms with Crippen molar-refractivity contribution >= 4 is 34.6 Å². The molecule has 1 heterocycles. The molecule has 33 heavy (non-hydrogen) atoms. The minimum atomic E-state index is -0.278. The number of hydrogen-bond acceptors (Lipinski definition) is 5. The molecule has 2 N–H and O–H groups in total. The van der Waals surface area contributed by atoms with Crippen LogP contribution in [0.25, 0.3) is 0 Å². The summed E-state index contributed by atoms with van der Waals surface area (Å²) in [6.07, 6.45) is 0. The van der Waals surface area contributed by atoms with Gasteiger partial charge in [0.05, 0.1) is 13.2 Å². The van der Waals surface area contributed by atoms with E-state index < -0.39 is 0 Å². The zero-order valence-electron chi connectivity index (χ0n) is 19.4. The molecule has 1 aromatic heterocycles. The van der Waals surface area contributed by atoms with E-state index in [9.17, 15) is 9.59 Å². The standard InChI is InChI=1S/C25H30N4O3S/c1-17(2)19-7-11-21(12-8-19)27-25(31)29(13-14-32-4)15-23-28-22(16-33-23)24(30)26-20-9-5-18(3)6-10-20/h5-12,16-17H,13-15H2,1-4H3,(H,26,30)(H,27,31). The number of aromatic nitrogens is 1. The summed E-state index contributed by atoms with van der Waals surface area (Å²) >= 11 is 1.35. The van der Waals surface area contributed by atoms with E-state index in [1.54, 1.807) is 17.4 Å². The topological polar surface area (TPSA) is 83.6 Å². The molecular formula is C25H30N4O3S. The van der Waals surface area contributed by atoms with E-state index in [4.69, 9.17) is 4.74 Å². The zero-order valence-corrected chi connectivity index (χ0v) is 20.2. The number of methoxy groups -OCH3 is 1. The molecule has 8 heteroatoms. The Hall–Kier alpha value is -3.23. The zero-order chi connectivity index (χ0) is 23.8. The van der Waals surface area contributed by atoms with Crippen LogP contribution in [0.15, 0.2) is 53.9 Å². The van der Waals surface area contributed by atoms with Crippen LogP contribution in [0.2, 0.25) is 0 Å². The summed E-state index contributed by atoms with van der Waals surface area (Å²) in [5.74, 6) is 0.148. The molecule has 0 aliphatic rings. The van der Waals surface area contributed by atoms with Crippen molar-refractivity contribution in [3.8, 4) is 0 Å². The van der Waals surface area contributed by atoms with Crippen LogP contribution < -0.4 is 10.6 Å². The molecular weight excluding hydrogens is 436 g/mol. The highest BCUT2D eigenvalue weighted by atomic mass is 32.1. The summed E-state index contributed by atoms with van der Waals surface area (Å²) in [6.45, 7) is 7.32. The van der Waals surface area contributed by atoms with Crippen molar-refractivity contribution in [3.05, 3.63) is 75.7 Å². The summed E-state index contributed by atoms with van der Waals surface area (Å²) in [4.78, 5) is 31.5.